The van der Waals surface area contributed by atoms with Crippen LogP contribution >= 0.6 is 0 Å². The first-order valence-electron chi connectivity index (χ1n) is 11.3. The molecule has 1 saturated heterocycles. The lowest BCUT2D eigenvalue weighted by Crippen LogP contribution is -2.70. The Morgan fingerprint density at radius 1 is 1.19 bits per heavy atom. The number of fused-ring (bicyclic) bond motifs is 3. The molecule has 11 nitrogen and oxygen atoms in total. The number of hydrogen-bond acceptors (Lipinski definition) is 8. The summed E-state index contributed by atoms with van der Waals surface area (Å²) in [6.07, 6.45) is 2.06. The summed E-state index contributed by atoms with van der Waals surface area (Å²) in [4.78, 5) is 27.0. The zero-order chi connectivity index (χ0) is 25.2. The summed E-state index contributed by atoms with van der Waals surface area (Å²) in [5.41, 5.74) is -1.59. The minimum absolute atomic E-state index is 0.00525. The molecule has 5 heterocycles. The van der Waals surface area contributed by atoms with Crippen LogP contribution in [0, 0.1) is 12.8 Å². The van der Waals surface area contributed by atoms with E-state index in [0.29, 0.717) is 42.4 Å². The molecule has 4 aromatic rings. The molecule has 2 amide bonds. The minimum atomic E-state index is -4.69. The van der Waals surface area contributed by atoms with Crippen molar-refractivity contribution in [2.24, 2.45) is 5.92 Å². The van der Waals surface area contributed by atoms with Crippen molar-refractivity contribution in [1.29, 1.82) is 0 Å². The van der Waals surface area contributed by atoms with Gasteiger partial charge in [0.2, 0.25) is 11.8 Å². The summed E-state index contributed by atoms with van der Waals surface area (Å²) in [6.45, 7) is 3.78. The molecule has 0 aromatic carbocycles. The highest BCUT2D eigenvalue weighted by Crippen LogP contribution is 2.55. The molecule has 2 unspecified atom stereocenters. The Bertz CT molecular complexity index is 1480. The van der Waals surface area contributed by atoms with Gasteiger partial charge in [0.05, 0.1) is 23.7 Å². The Labute approximate surface area is 201 Å². The van der Waals surface area contributed by atoms with Gasteiger partial charge in [0.25, 0.3) is 0 Å². The fraction of sp³-hybridized carbons (Fsp3) is 0.409. The number of hydrogen-bond donors (Lipinski definition) is 1. The third-order valence-corrected chi connectivity index (χ3v) is 6.79. The molecule has 0 radical (unpaired) electrons. The number of aromatic nitrogens is 7. The first-order valence-corrected chi connectivity index (χ1v) is 11.3. The van der Waals surface area contributed by atoms with Crippen molar-refractivity contribution in [2.45, 2.75) is 50.9 Å². The van der Waals surface area contributed by atoms with E-state index in [0.717, 1.165) is 12.5 Å². The van der Waals surface area contributed by atoms with Gasteiger partial charge in [-0.1, -0.05) is 6.92 Å². The van der Waals surface area contributed by atoms with Gasteiger partial charge >= 0.3 is 12.2 Å². The predicted octanol–water partition coefficient (Wildman–Crippen LogP) is 3.83. The quantitative estimate of drug-likeness (QED) is 0.451. The lowest BCUT2D eigenvalue weighted by molar-refractivity contribution is -0.137. The summed E-state index contributed by atoms with van der Waals surface area (Å²) < 4.78 is 48.4. The van der Waals surface area contributed by atoms with Crippen molar-refractivity contribution in [3.8, 4) is 11.3 Å². The van der Waals surface area contributed by atoms with Crippen LogP contribution in [0.3, 0.4) is 0 Å². The maximum absolute atomic E-state index is 13.8. The number of alkyl halides is 3. The average molecular weight is 499 g/mol. The predicted molar refractivity (Wildman–Crippen MR) is 117 cm³/mol. The molecule has 0 spiro atoms. The molecule has 186 valence electrons. The minimum Gasteiger partial charge on any atom is -0.423 e. The molecule has 36 heavy (non-hydrogen) atoms. The number of piperidine rings is 1. The van der Waals surface area contributed by atoms with E-state index in [9.17, 15) is 18.0 Å². The number of rotatable bonds is 3. The molecular formula is C22H20F3N9O2. The van der Waals surface area contributed by atoms with Gasteiger partial charge in [-0.3, -0.25) is 10.3 Å². The van der Waals surface area contributed by atoms with Crippen molar-refractivity contribution in [1.82, 2.24) is 39.7 Å². The molecule has 1 aliphatic carbocycles. The van der Waals surface area contributed by atoms with Crippen molar-refractivity contribution in [3.05, 3.63) is 48.3 Å². The van der Waals surface area contributed by atoms with Gasteiger partial charge in [0.15, 0.2) is 5.65 Å². The summed E-state index contributed by atoms with van der Waals surface area (Å²) in [7, 11) is 0. The van der Waals surface area contributed by atoms with Crippen molar-refractivity contribution in [3.63, 3.8) is 0 Å². The molecule has 4 aromatic heterocycles. The first-order chi connectivity index (χ1) is 17.1. The number of urea groups is 1. The Kier molecular flexibility index (Phi) is 4.78. The van der Waals surface area contributed by atoms with Crippen molar-refractivity contribution in [2.75, 3.05) is 5.32 Å². The Morgan fingerprint density at radius 2 is 2.03 bits per heavy atom. The average Bonchev–Trinajstić information content (AvgIpc) is 3.46. The van der Waals surface area contributed by atoms with E-state index < -0.39 is 23.3 Å². The van der Waals surface area contributed by atoms with Gasteiger partial charge in [-0.2, -0.15) is 18.3 Å². The number of carbonyl (C=O) groups is 1. The number of aryl methyl sites for hydroxylation is 1. The van der Waals surface area contributed by atoms with Gasteiger partial charge in [-0.25, -0.2) is 19.3 Å². The second-order valence-corrected chi connectivity index (χ2v) is 9.31. The number of likely N-dealkylation sites (tertiary alicyclic amines) is 1. The number of halogens is 3. The Balaban J connectivity index is 1.34. The highest BCUT2D eigenvalue weighted by Gasteiger charge is 2.62. The third-order valence-electron chi connectivity index (χ3n) is 6.79. The highest BCUT2D eigenvalue weighted by atomic mass is 19.4. The second kappa shape index (κ2) is 7.70. The molecule has 2 bridgehead atoms. The van der Waals surface area contributed by atoms with E-state index in [1.807, 2.05) is 0 Å². The van der Waals surface area contributed by atoms with E-state index in [1.165, 1.54) is 23.2 Å². The lowest BCUT2D eigenvalue weighted by atomic mass is 9.64. The zero-order valence-electron chi connectivity index (χ0n) is 19.2. The normalized spacial score (nSPS) is 23.5. The number of carbonyl (C=O) groups excluding carboxylic acids is 1. The molecule has 14 heteroatoms. The largest absolute Gasteiger partial charge is 0.423 e. The molecule has 2 fully saturated rings. The van der Waals surface area contributed by atoms with Gasteiger partial charge < -0.3 is 9.32 Å². The van der Waals surface area contributed by atoms with Crippen LogP contribution in [0.1, 0.15) is 43.5 Å². The fourth-order valence-corrected chi connectivity index (χ4v) is 5.43. The fourth-order valence-electron chi connectivity index (χ4n) is 5.43. The molecule has 1 N–H and O–H groups in total. The van der Waals surface area contributed by atoms with Crippen LogP contribution in [0.15, 0.2) is 35.4 Å². The van der Waals surface area contributed by atoms with E-state index in [-0.39, 0.29) is 23.1 Å². The SMILES string of the molecule is Cc1nnc(C23CC(C[C@H](C)C2)N3C(=O)Nc2cc(-c3cn4ncnc4cn3)c(C(F)(F)F)cn2)o1. The Morgan fingerprint density at radius 3 is 2.78 bits per heavy atom. The van der Waals surface area contributed by atoms with E-state index in [4.69, 9.17) is 4.42 Å². The molecule has 6 rings (SSSR count). The van der Waals surface area contributed by atoms with Gasteiger partial charge in [-0.05, 0) is 24.8 Å². The molecule has 3 atom stereocenters. The molecular weight excluding hydrogens is 479 g/mol. The number of anilines is 1. The van der Waals surface area contributed by atoms with Crippen LogP contribution < -0.4 is 5.32 Å². The Hall–Kier alpha value is -4.10. The summed E-state index contributed by atoms with van der Waals surface area (Å²) >= 11 is 0. The van der Waals surface area contributed by atoms with Gasteiger partial charge in [0, 0.05) is 31.1 Å². The number of nitrogens with one attached hydrogen (secondary N) is 1. The molecule has 1 saturated carbocycles. The van der Waals surface area contributed by atoms with E-state index in [2.05, 4.69) is 42.5 Å². The summed E-state index contributed by atoms with van der Waals surface area (Å²) in [5, 5.41) is 14.7. The summed E-state index contributed by atoms with van der Waals surface area (Å²) in [6, 6.07) is 0.617. The monoisotopic (exact) mass is 499 g/mol. The van der Waals surface area contributed by atoms with Crippen LogP contribution in [-0.4, -0.2) is 51.7 Å². The van der Waals surface area contributed by atoms with E-state index in [1.54, 1.807) is 11.8 Å². The van der Waals surface area contributed by atoms with Crippen LogP contribution in [-0.2, 0) is 11.7 Å². The van der Waals surface area contributed by atoms with Crippen molar-refractivity contribution < 1.29 is 22.4 Å². The molecule has 1 aliphatic heterocycles. The van der Waals surface area contributed by atoms with Crippen LogP contribution in [0.2, 0.25) is 0 Å². The summed E-state index contributed by atoms with van der Waals surface area (Å²) in [5.74, 6) is 1.06. The van der Waals surface area contributed by atoms with E-state index >= 15 is 0 Å². The standard InChI is InChI=1S/C22H20F3N9O2/c1-11-3-13-6-21(5-11,19-32-31-12(2)36-19)34(13)20(35)30-17-4-14(15(7-27-17)22(23,24)25)16-9-33-18(8-26-16)28-10-29-33/h4,7-11,13H,3,5-6H2,1-2H3,(H,27,30,35)/t11-,13?,21?/m0/s1. The number of nitrogens with zero attached hydrogens (tertiary/aromatic N) is 8. The lowest BCUT2D eigenvalue weighted by Gasteiger charge is -2.61. The topological polar surface area (TPSA) is 127 Å². The van der Waals surface area contributed by atoms with Crippen LogP contribution in [0.25, 0.3) is 16.9 Å². The number of amides is 2. The van der Waals surface area contributed by atoms with Gasteiger partial charge in [0.1, 0.15) is 17.7 Å². The van der Waals surface area contributed by atoms with Gasteiger partial charge in [-0.15, -0.1) is 10.2 Å². The molecule has 2 aliphatic rings. The maximum atomic E-state index is 13.8. The van der Waals surface area contributed by atoms with Crippen LogP contribution in [0.4, 0.5) is 23.8 Å². The highest BCUT2D eigenvalue weighted by molar-refractivity contribution is 5.91. The zero-order valence-corrected chi connectivity index (χ0v) is 19.2. The smallest absolute Gasteiger partial charge is 0.418 e. The third kappa shape index (κ3) is 3.46. The van der Waals surface area contributed by atoms with Crippen LogP contribution in [0.5, 0.6) is 0 Å². The first kappa shape index (κ1) is 22.4. The number of pyridine rings is 1. The second-order valence-electron chi connectivity index (χ2n) is 9.31. The maximum Gasteiger partial charge on any atom is 0.418 e. The van der Waals surface area contributed by atoms with Crippen molar-refractivity contribution >= 4 is 17.5 Å².